The number of nitrogens with one attached hydrogen (secondary N) is 2. The molecule has 1 aromatic rings. The Morgan fingerprint density at radius 1 is 1.22 bits per heavy atom. The van der Waals surface area contributed by atoms with Gasteiger partial charge in [0.05, 0.1) is 0 Å². The topological polar surface area (TPSA) is 95.5 Å². The SMILES string of the molecule is O=C(CCCNC(=O)C1CC1)NC(C(=O)O)c1ccc(Br)cc1. The van der Waals surface area contributed by atoms with Gasteiger partial charge in [-0.15, -0.1) is 0 Å². The normalized spacial score (nSPS) is 14.8. The lowest BCUT2D eigenvalue weighted by Crippen LogP contribution is -2.34. The maximum absolute atomic E-state index is 11.9. The molecule has 0 spiro atoms. The molecule has 0 aromatic heterocycles. The summed E-state index contributed by atoms with van der Waals surface area (Å²) in [5.41, 5.74) is 0.510. The zero-order valence-electron chi connectivity index (χ0n) is 12.5. The summed E-state index contributed by atoms with van der Waals surface area (Å²) in [5, 5.41) is 14.6. The van der Waals surface area contributed by atoms with Gasteiger partial charge in [-0.25, -0.2) is 4.79 Å². The molecule has 1 saturated carbocycles. The van der Waals surface area contributed by atoms with Crippen molar-refractivity contribution in [2.75, 3.05) is 6.54 Å². The van der Waals surface area contributed by atoms with Gasteiger partial charge in [-0.3, -0.25) is 9.59 Å². The minimum atomic E-state index is -1.11. The van der Waals surface area contributed by atoms with Crippen molar-refractivity contribution >= 4 is 33.7 Å². The largest absolute Gasteiger partial charge is 0.479 e. The molecule has 1 aromatic carbocycles. The molecule has 1 aliphatic rings. The summed E-state index contributed by atoms with van der Waals surface area (Å²) < 4.78 is 0.836. The lowest BCUT2D eigenvalue weighted by atomic mass is 10.1. The fourth-order valence-electron chi connectivity index (χ4n) is 2.13. The Morgan fingerprint density at radius 3 is 2.43 bits per heavy atom. The van der Waals surface area contributed by atoms with Crippen molar-refractivity contribution in [1.82, 2.24) is 10.6 Å². The first-order chi connectivity index (χ1) is 11.0. The van der Waals surface area contributed by atoms with Gasteiger partial charge in [-0.2, -0.15) is 0 Å². The quantitative estimate of drug-likeness (QED) is 0.599. The molecule has 6 nitrogen and oxygen atoms in total. The zero-order valence-corrected chi connectivity index (χ0v) is 14.1. The second-order valence-corrected chi connectivity index (χ2v) is 6.47. The van der Waals surface area contributed by atoms with Crippen molar-refractivity contribution in [1.29, 1.82) is 0 Å². The Morgan fingerprint density at radius 2 is 1.87 bits per heavy atom. The van der Waals surface area contributed by atoms with Gasteiger partial charge in [0.1, 0.15) is 0 Å². The Hall–Kier alpha value is -1.89. The van der Waals surface area contributed by atoms with Crippen LogP contribution in [0.5, 0.6) is 0 Å². The predicted octanol–water partition coefficient (Wildman–Crippen LogP) is 2.00. The van der Waals surface area contributed by atoms with Gasteiger partial charge in [0.15, 0.2) is 6.04 Å². The van der Waals surface area contributed by atoms with Crippen molar-refractivity contribution in [3.63, 3.8) is 0 Å². The third kappa shape index (κ3) is 5.67. The summed E-state index contributed by atoms with van der Waals surface area (Å²) in [4.78, 5) is 34.7. The molecule has 1 unspecified atom stereocenters. The smallest absolute Gasteiger partial charge is 0.330 e. The number of aliphatic carboxylic acids is 1. The van der Waals surface area contributed by atoms with E-state index in [0.29, 0.717) is 18.5 Å². The molecular weight excluding hydrogens is 364 g/mol. The molecule has 0 radical (unpaired) electrons. The van der Waals surface area contributed by atoms with E-state index in [0.717, 1.165) is 17.3 Å². The van der Waals surface area contributed by atoms with E-state index < -0.39 is 12.0 Å². The van der Waals surface area contributed by atoms with Crippen LogP contribution in [0.4, 0.5) is 0 Å². The molecule has 124 valence electrons. The van der Waals surface area contributed by atoms with E-state index in [2.05, 4.69) is 26.6 Å². The van der Waals surface area contributed by atoms with Crippen LogP contribution >= 0.6 is 15.9 Å². The highest BCUT2D eigenvalue weighted by Gasteiger charge is 2.29. The van der Waals surface area contributed by atoms with Gasteiger partial charge >= 0.3 is 5.97 Å². The molecule has 1 fully saturated rings. The van der Waals surface area contributed by atoms with Crippen LogP contribution in [0.2, 0.25) is 0 Å². The van der Waals surface area contributed by atoms with Gasteiger partial charge in [-0.1, -0.05) is 28.1 Å². The minimum Gasteiger partial charge on any atom is -0.479 e. The standard InChI is InChI=1S/C16H19BrN2O4/c17-12-7-5-10(6-8-12)14(16(22)23)19-13(20)2-1-9-18-15(21)11-3-4-11/h5-8,11,14H,1-4,9H2,(H,18,21)(H,19,20)(H,22,23). The van der Waals surface area contributed by atoms with E-state index >= 15 is 0 Å². The number of carbonyl (C=O) groups excluding carboxylic acids is 2. The number of hydrogen-bond donors (Lipinski definition) is 3. The number of carboxylic acids is 1. The van der Waals surface area contributed by atoms with Crippen LogP contribution in [0.1, 0.15) is 37.3 Å². The third-order valence-electron chi connectivity index (χ3n) is 3.58. The van der Waals surface area contributed by atoms with Gasteiger partial charge in [0.2, 0.25) is 11.8 Å². The van der Waals surface area contributed by atoms with Gasteiger partial charge in [0, 0.05) is 23.4 Å². The summed E-state index contributed by atoms with van der Waals surface area (Å²) in [6.45, 7) is 0.429. The Bertz CT molecular complexity index is 584. The van der Waals surface area contributed by atoms with Crippen molar-refractivity contribution in [2.45, 2.75) is 31.7 Å². The maximum atomic E-state index is 11.9. The van der Waals surface area contributed by atoms with Crippen molar-refractivity contribution < 1.29 is 19.5 Å². The molecule has 0 aliphatic heterocycles. The monoisotopic (exact) mass is 382 g/mol. The molecule has 2 amide bonds. The molecule has 7 heteroatoms. The molecule has 1 atom stereocenters. The molecular formula is C16H19BrN2O4. The Labute approximate surface area is 142 Å². The number of halogens is 1. The summed E-state index contributed by atoms with van der Waals surface area (Å²) in [6, 6.07) is 5.69. The first-order valence-electron chi connectivity index (χ1n) is 7.52. The molecule has 1 aliphatic carbocycles. The summed E-state index contributed by atoms with van der Waals surface area (Å²) in [5.74, 6) is -1.26. The van der Waals surface area contributed by atoms with E-state index in [-0.39, 0.29) is 24.2 Å². The average molecular weight is 383 g/mol. The zero-order chi connectivity index (χ0) is 16.8. The second kappa shape index (κ2) is 8.10. The van der Waals surface area contributed by atoms with E-state index in [4.69, 9.17) is 0 Å². The molecule has 23 heavy (non-hydrogen) atoms. The van der Waals surface area contributed by atoms with Crippen molar-refractivity contribution in [3.05, 3.63) is 34.3 Å². The van der Waals surface area contributed by atoms with Gasteiger partial charge < -0.3 is 15.7 Å². The predicted molar refractivity (Wildman–Crippen MR) is 87.6 cm³/mol. The number of amides is 2. The van der Waals surface area contributed by atoms with Gasteiger partial charge in [0.25, 0.3) is 0 Å². The summed E-state index contributed by atoms with van der Waals surface area (Å²) in [6.07, 6.45) is 2.54. The highest BCUT2D eigenvalue weighted by molar-refractivity contribution is 9.10. The van der Waals surface area contributed by atoms with Crippen LogP contribution in [0.15, 0.2) is 28.7 Å². The van der Waals surface area contributed by atoms with E-state index in [9.17, 15) is 19.5 Å². The van der Waals surface area contributed by atoms with Gasteiger partial charge in [-0.05, 0) is 37.0 Å². The molecule has 0 heterocycles. The Kier molecular flexibility index (Phi) is 6.15. The number of carbonyl (C=O) groups is 3. The summed E-state index contributed by atoms with van der Waals surface area (Å²) in [7, 11) is 0. The van der Waals surface area contributed by atoms with Crippen molar-refractivity contribution in [3.8, 4) is 0 Å². The first kappa shape index (κ1) is 17.5. The second-order valence-electron chi connectivity index (χ2n) is 5.56. The van der Waals surface area contributed by atoms with Crippen LogP contribution in [-0.2, 0) is 14.4 Å². The highest BCUT2D eigenvalue weighted by Crippen LogP contribution is 2.28. The first-order valence-corrected chi connectivity index (χ1v) is 8.32. The molecule has 0 saturated heterocycles. The highest BCUT2D eigenvalue weighted by atomic mass is 79.9. The van der Waals surface area contributed by atoms with Crippen LogP contribution in [0.3, 0.4) is 0 Å². The minimum absolute atomic E-state index is 0.0451. The summed E-state index contributed by atoms with van der Waals surface area (Å²) >= 11 is 3.28. The Balaban J connectivity index is 1.77. The van der Waals surface area contributed by atoms with Crippen LogP contribution in [0, 0.1) is 5.92 Å². The average Bonchev–Trinajstić information content (AvgIpc) is 3.34. The maximum Gasteiger partial charge on any atom is 0.330 e. The van der Waals surface area contributed by atoms with Crippen molar-refractivity contribution in [2.24, 2.45) is 5.92 Å². The van der Waals surface area contributed by atoms with Crippen LogP contribution < -0.4 is 10.6 Å². The number of carboxylic acid groups (broad SMARTS) is 1. The molecule has 2 rings (SSSR count). The van der Waals surface area contributed by atoms with E-state index in [1.54, 1.807) is 24.3 Å². The lowest BCUT2D eigenvalue weighted by Gasteiger charge is -2.15. The molecule has 0 bridgehead atoms. The van der Waals surface area contributed by atoms with E-state index in [1.165, 1.54) is 0 Å². The fraction of sp³-hybridized carbons (Fsp3) is 0.438. The lowest BCUT2D eigenvalue weighted by molar-refractivity contribution is -0.142. The van der Waals surface area contributed by atoms with Crippen LogP contribution in [-0.4, -0.2) is 29.4 Å². The fourth-order valence-corrected chi connectivity index (χ4v) is 2.39. The number of hydrogen-bond acceptors (Lipinski definition) is 3. The number of rotatable bonds is 8. The van der Waals surface area contributed by atoms with E-state index in [1.807, 2.05) is 0 Å². The van der Waals surface area contributed by atoms with Crippen LogP contribution in [0.25, 0.3) is 0 Å². The molecule has 3 N–H and O–H groups in total. The number of benzene rings is 1. The third-order valence-corrected chi connectivity index (χ3v) is 4.11.